The van der Waals surface area contributed by atoms with Gasteiger partial charge in [-0.2, -0.15) is 5.26 Å². The Labute approximate surface area is 165 Å². The fourth-order valence-corrected chi connectivity index (χ4v) is 2.89. The third-order valence-corrected chi connectivity index (χ3v) is 4.30. The van der Waals surface area contributed by atoms with Gasteiger partial charge in [-0.05, 0) is 59.4 Å². The van der Waals surface area contributed by atoms with Crippen molar-refractivity contribution in [3.05, 3.63) is 23.9 Å². The Balaban J connectivity index is 1.73. The van der Waals surface area contributed by atoms with Gasteiger partial charge in [0.05, 0.1) is 5.56 Å². The fourth-order valence-electron chi connectivity index (χ4n) is 2.89. The molecule has 2 rings (SSSR count). The summed E-state index contributed by atoms with van der Waals surface area (Å²) in [5, 5.41) is 14.3. The van der Waals surface area contributed by atoms with E-state index in [1.165, 1.54) is 6.20 Å². The van der Waals surface area contributed by atoms with Crippen LogP contribution in [0, 0.1) is 11.3 Å². The number of nitriles is 1. The summed E-state index contributed by atoms with van der Waals surface area (Å²) < 4.78 is 11.0. The van der Waals surface area contributed by atoms with Crippen molar-refractivity contribution >= 4 is 12.0 Å². The molecule has 152 valence electrons. The predicted octanol–water partition coefficient (Wildman–Crippen LogP) is 2.67. The smallest absolute Gasteiger partial charge is 0.408 e. The number of aromatic nitrogens is 1. The molecule has 1 aromatic rings. The zero-order chi connectivity index (χ0) is 20.7. The SMILES string of the molecule is CC(NC(=O)OC(C)(C)C)C(=O)NC1CCC(Oc2ccc(C#N)cn2)CC1. The molecule has 2 amide bonds. The van der Waals surface area contributed by atoms with E-state index in [4.69, 9.17) is 14.7 Å². The Kier molecular flexibility index (Phi) is 7.21. The topological polar surface area (TPSA) is 113 Å². The molecular weight excluding hydrogens is 360 g/mol. The van der Waals surface area contributed by atoms with Crippen LogP contribution in [0.4, 0.5) is 4.79 Å². The Hall–Kier alpha value is -2.82. The molecule has 1 saturated carbocycles. The maximum atomic E-state index is 12.3. The Morgan fingerprint density at radius 2 is 1.93 bits per heavy atom. The van der Waals surface area contributed by atoms with E-state index in [9.17, 15) is 9.59 Å². The van der Waals surface area contributed by atoms with Gasteiger partial charge in [0.15, 0.2) is 0 Å². The number of ether oxygens (including phenoxy) is 2. The normalized spacial score (nSPS) is 20.4. The number of hydrogen-bond acceptors (Lipinski definition) is 6. The van der Waals surface area contributed by atoms with E-state index in [1.807, 2.05) is 6.07 Å². The van der Waals surface area contributed by atoms with Gasteiger partial charge >= 0.3 is 6.09 Å². The van der Waals surface area contributed by atoms with Crippen LogP contribution in [0.5, 0.6) is 5.88 Å². The van der Waals surface area contributed by atoms with Crippen LogP contribution in [0.15, 0.2) is 18.3 Å². The monoisotopic (exact) mass is 388 g/mol. The number of carbonyl (C=O) groups is 2. The zero-order valence-electron chi connectivity index (χ0n) is 16.8. The third kappa shape index (κ3) is 7.06. The molecule has 0 radical (unpaired) electrons. The molecule has 0 bridgehead atoms. The minimum absolute atomic E-state index is 0.0332. The first-order valence-electron chi connectivity index (χ1n) is 9.49. The molecule has 1 aliphatic rings. The minimum atomic E-state index is -0.674. The Morgan fingerprint density at radius 1 is 1.25 bits per heavy atom. The molecule has 2 N–H and O–H groups in total. The molecular formula is C20H28N4O4. The fraction of sp³-hybridized carbons (Fsp3) is 0.600. The van der Waals surface area contributed by atoms with E-state index < -0.39 is 17.7 Å². The number of amides is 2. The van der Waals surface area contributed by atoms with Crippen molar-refractivity contribution in [2.24, 2.45) is 0 Å². The van der Waals surface area contributed by atoms with E-state index in [0.717, 1.165) is 25.7 Å². The molecule has 8 heteroatoms. The van der Waals surface area contributed by atoms with E-state index in [0.29, 0.717) is 11.4 Å². The first-order valence-corrected chi connectivity index (χ1v) is 9.49. The van der Waals surface area contributed by atoms with Crippen molar-refractivity contribution in [2.75, 3.05) is 0 Å². The van der Waals surface area contributed by atoms with Crippen molar-refractivity contribution in [3.63, 3.8) is 0 Å². The summed E-state index contributed by atoms with van der Waals surface area (Å²) in [5.74, 6) is 0.269. The van der Waals surface area contributed by atoms with Gasteiger partial charge in [0, 0.05) is 18.3 Å². The number of pyridine rings is 1. The second kappa shape index (κ2) is 9.40. The summed E-state index contributed by atoms with van der Waals surface area (Å²) >= 11 is 0. The average Bonchev–Trinajstić information content (AvgIpc) is 2.62. The molecule has 1 heterocycles. The lowest BCUT2D eigenvalue weighted by Crippen LogP contribution is -2.50. The molecule has 1 fully saturated rings. The highest BCUT2D eigenvalue weighted by Crippen LogP contribution is 2.23. The standard InChI is InChI=1S/C20H28N4O4/c1-13(23-19(26)28-20(2,3)4)18(25)24-15-6-8-16(9-7-15)27-17-10-5-14(11-21)12-22-17/h5,10,12-13,15-16H,6-9H2,1-4H3,(H,23,26)(H,24,25). The zero-order valence-corrected chi connectivity index (χ0v) is 16.8. The number of hydrogen-bond donors (Lipinski definition) is 2. The maximum absolute atomic E-state index is 12.3. The van der Waals surface area contributed by atoms with Gasteiger partial charge in [-0.3, -0.25) is 4.79 Å². The molecule has 28 heavy (non-hydrogen) atoms. The Bertz CT molecular complexity index is 713. The molecule has 1 atom stereocenters. The van der Waals surface area contributed by atoms with Crippen LogP contribution < -0.4 is 15.4 Å². The molecule has 0 saturated heterocycles. The maximum Gasteiger partial charge on any atom is 0.408 e. The highest BCUT2D eigenvalue weighted by Gasteiger charge is 2.26. The van der Waals surface area contributed by atoms with Crippen LogP contribution in [0.1, 0.15) is 58.9 Å². The highest BCUT2D eigenvalue weighted by atomic mass is 16.6. The van der Waals surface area contributed by atoms with E-state index >= 15 is 0 Å². The van der Waals surface area contributed by atoms with Crippen molar-refractivity contribution < 1.29 is 19.1 Å². The van der Waals surface area contributed by atoms with E-state index in [2.05, 4.69) is 15.6 Å². The van der Waals surface area contributed by atoms with Gasteiger partial charge in [-0.25, -0.2) is 9.78 Å². The van der Waals surface area contributed by atoms with Gasteiger partial charge in [0.1, 0.15) is 23.8 Å². The molecule has 1 aromatic heterocycles. The average molecular weight is 388 g/mol. The summed E-state index contributed by atoms with van der Waals surface area (Å²) in [4.78, 5) is 28.2. The second-order valence-electron chi connectivity index (χ2n) is 7.96. The van der Waals surface area contributed by atoms with Crippen LogP contribution in [-0.2, 0) is 9.53 Å². The number of carbonyl (C=O) groups excluding carboxylic acids is 2. The summed E-state index contributed by atoms with van der Waals surface area (Å²) in [6.07, 6.45) is 4.06. The van der Waals surface area contributed by atoms with Crippen molar-refractivity contribution in [3.8, 4) is 11.9 Å². The number of alkyl carbamates (subject to hydrolysis) is 1. The van der Waals surface area contributed by atoms with Crippen LogP contribution in [0.25, 0.3) is 0 Å². The summed E-state index contributed by atoms with van der Waals surface area (Å²) in [7, 11) is 0. The molecule has 0 spiro atoms. The largest absolute Gasteiger partial charge is 0.474 e. The van der Waals surface area contributed by atoms with Gasteiger partial charge in [0.2, 0.25) is 11.8 Å². The van der Waals surface area contributed by atoms with Crippen LogP contribution >= 0.6 is 0 Å². The molecule has 8 nitrogen and oxygen atoms in total. The van der Waals surface area contributed by atoms with Gasteiger partial charge in [0.25, 0.3) is 0 Å². The van der Waals surface area contributed by atoms with Crippen molar-refractivity contribution in [1.29, 1.82) is 5.26 Å². The Morgan fingerprint density at radius 3 is 2.46 bits per heavy atom. The van der Waals surface area contributed by atoms with Gasteiger partial charge in [-0.1, -0.05) is 0 Å². The van der Waals surface area contributed by atoms with Crippen molar-refractivity contribution in [2.45, 2.75) is 77.2 Å². The summed E-state index contributed by atoms with van der Waals surface area (Å²) in [6, 6.07) is 4.76. The first kappa shape index (κ1) is 21.5. The predicted molar refractivity (Wildman–Crippen MR) is 103 cm³/mol. The lowest BCUT2D eigenvalue weighted by molar-refractivity contribution is -0.123. The van der Waals surface area contributed by atoms with E-state index in [1.54, 1.807) is 39.8 Å². The van der Waals surface area contributed by atoms with Crippen molar-refractivity contribution in [1.82, 2.24) is 15.6 Å². The van der Waals surface area contributed by atoms with Crippen LogP contribution in [0.3, 0.4) is 0 Å². The van der Waals surface area contributed by atoms with Crippen LogP contribution in [-0.4, -0.2) is 40.8 Å². The lowest BCUT2D eigenvalue weighted by Gasteiger charge is -2.30. The van der Waals surface area contributed by atoms with E-state index in [-0.39, 0.29) is 18.1 Å². The molecule has 1 aliphatic carbocycles. The minimum Gasteiger partial charge on any atom is -0.474 e. The highest BCUT2D eigenvalue weighted by molar-refractivity contribution is 5.85. The lowest BCUT2D eigenvalue weighted by atomic mass is 9.92. The number of nitrogens with zero attached hydrogens (tertiary/aromatic N) is 2. The molecule has 0 aromatic carbocycles. The summed E-state index contributed by atoms with van der Waals surface area (Å²) in [6.45, 7) is 6.94. The third-order valence-electron chi connectivity index (χ3n) is 4.30. The van der Waals surface area contributed by atoms with Gasteiger partial charge < -0.3 is 20.1 Å². The first-order chi connectivity index (χ1) is 13.2. The second-order valence-corrected chi connectivity index (χ2v) is 7.96. The summed E-state index contributed by atoms with van der Waals surface area (Å²) in [5.41, 5.74) is -0.115. The molecule has 0 aliphatic heterocycles. The van der Waals surface area contributed by atoms with Gasteiger partial charge in [-0.15, -0.1) is 0 Å². The quantitative estimate of drug-likeness (QED) is 0.802. The molecule has 1 unspecified atom stereocenters. The van der Waals surface area contributed by atoms with Crippen LogP contribution in [0.2, 0.25) is 0 Å². The number of nitrogens with one attached hydrogen (secondary N) is 2. The number of rotatable bonds is 5.